The Morgan fingerprint density at radius 2 is 1.81 bits per heavy atom. The van der Waals surface area contributed by atoms with E-state index in [1.807, 2.05) is 24.3 Å². The van der Waals surface area contributed by atoms with Gasteiger partial charge in [-0.15, -0.1) is 11.3 Å². The molecule has 4 heterocycles. The predicted octanol–water partition coefficient (Wildman–Crippen LogP) is 4.04. The molecule has 0 N–H and O–H groups in total. The minimum Gasteiger partial charge on any atom is -0.490 e. The minimum absolute atomic E-state index is 0.134. The zero-order valence-corrected chi connectivity index (χ0v) is 18.3. The molecule has 160 valence electrons. The molecule has 2 aliphatic heterocycles. The number of fused-ring (bicyclic) bond motifs is 3. The summed E-state index contributed by atoms with van der Waals surface area (Å²) in [7, 11) is 2.23. The third-order valence-corrected chi connectivity index (χ3v) is 8.23. The number of Topliss-reactive ketones (excluding diaryl/α,β-unsaturated/α-hetero) is 1. The molecule has 6 rings (SSSR count). The first-order chi connectivity index (χ1) is 15.1. The van der Waals surface area contributed by atoms with E-state index in [4.69, 9.17) is 4.74 Å². The number of carbonyl (C=O) groups excluding carboxylic acids is 1. The number of nitrogens with zero attached hydrogens (tertiary/aromatic N) is 3. The summed E-state index contributed by atoms with van der Waals surface area (Å²) in [4.78, 5) is 33.0. The molecule has 0 spiro atoms. The van der Waals surface area contributed by atoms with Crippen molar-refractivity contribution in [2.75, 3.05) is 7.05 Å². The van der Waals surface area contributed by atoms with E-state index in [9.17, 15) is 9.59 Å². The molecule has 0 radical (unpaired) electrons. The van der Waals surface area contributed by atoms with E-state index in [1.165, 1.54) is 24.2 Å². The maximum atomic E-state index is 13.0. The SMILES string of the molecule is CN1[C@@H]2CC[C@H]1CC(Oc1ccc(-n3cnc4cc(C(=O)C5CC5)sc4c3=O)cc1)C2. The highest BCUT2D eigenvalue weighted by Gasteiger charge is 2.39. The van der Waals surface area contributed by atoms with Gasteiger partial charge in [0.25, 0.3) is 5.56 Å². The van der Waals surface area contributed by atoms with Crippen molar-refractivity contribution in [3.05, 3.63) is 51.9 Å². The Labute approximate surface area is 184 Å². The van der Waals surface area contributed by atoms with Crippen molar-refractivity contribution in [2.24, 2.45) is 5.92 Å². The molecule has 0 amide bonds. The fourth-order valence-electron chi connectivity index (χ4n) is 5.10. The lowest BCUT2D eigenvalue weighted by Gasteiger charge is -2.36. The smallest absolute Gasteiger partial charge is 0.275 e. The molecule has 2 aromatic heterocycles. The first kappa shape index (κ1) is 19.2. The number of aromatic nitrogens is 2. The number of hydrogen-bond donors (Lipinski definition) is 0. The zero-order chi connectivity index (χ0) is 21.1. The van der Waals surface area contributed by atoms with Crippen LogP contribution in [0.1, 0.15) is 48.2 Å². The number of ether oxygens (including phenoxy) is 1. The number of hydrogen-bond acceptors (Lipinski definition) is 6. The molecule has 3 aliphatic rings. The Hall–Kier alpha value is -2.51. The van der Waals surface area contributed by atoms with Crippen LogP contribution in [0.3, 0.4) is 0 Å². The van der Waals surface area contributed by atoms with Gasteiger partial charge < -0.3 is 9.64 Å². The molecule has 1 saturated carbocycles. The molecular weight excluding hydrogens is 410 g/mol. The second kappa shape index (κ2) is 7.28. The Morgan fingerprint density at radius 3 is 2.48 bits per heavy atom. The van der Waals surface area contributed by atoms with Crippen molar-refractivity contribution in [3.8, 4) is 11.4 Å². The van der Waals surface area contributed by atoms with Crippen LogP contribution in [0, 0.1) is 5.92 Å². The summed E-state index contributed by atoms with van der Waals surface area (Å²) < 4.78 is 8.35. The van der Waals surface area contributed by atoms with Gasteiger partial charge in [0.05, 0.1) is 16.1 Å². The predicted molar refractivity (Wildman–Crippen MR) is 120 cm³/mol. The third-order valence-electron chi connectivity index (χ3n) is 7.10. The lowest BCUT2D eigenvalue weighted by Crippen LogP contribution is -2.43. The standard InChI is InChI=1S/C24H25N3O3S/c1-26-16-4-5-17(26)11-19(10-16)30-18-8-6-15(7-9-18)27-13-25-20-12-21(22(28)14-2-3-14)31-23(20)24(27)29/h6-9,12-14,16-17,19H,2-5,10-11H2,1H3/t16-,17+,19?. The lowest BCUT2D eigenvalue weighted by atomic mass is 10.0. The van der Waals surface area contributed by atoms with Crippen molar-refractivity contribution in [1.29, 1.82) is 0 Å². The Kier molecular flexibility index (Phi) is 4.51. The quantitative estimate of drug-likeness (QED) is 0.566. The van der Waals surface area contributed by atoms with Crippen LogP contribution in [-0.2, 0) is 0 Å². The van der Waals surface area contributed by atoms with Gasteiger partial charge in [0.15, 0.2) is 5.78 Å². The normalized spacial score (nSPS) is 25.8. The van der Waals surface area contributed by atoms with E-state index in [0.717, 1.165) is 37.1 Å². The Bertz CT molecular complexity index is 1200. The average Bonchev–Trinajstić information content (AvgIpc) is 3.49. The van der Waals surface area contributed by atoms with Crippen LogP contribution in [0.4, 0.5) is 0 Å². The third kappa shape index (κ3) is 3.40. The first-order valence-corrected chi connectivity index (χ1v) is 11.9. The summed E-state index contributed by atoms with van der Waals surface area (Å²) in [5.41, 5.74) is 1.22. The zero-order valence-electron chi connectivity index (χ0n) is 17.5. The van der Waals surface area contributed by atoms with Crippen LogP contribution < -0.4 is 10.3 Å². The van der Waals surface area contributed by atoms with Crippen molar-refractivity contribution in [2.45, 2.75) is 56.7 Å². The highest BCUT2D eigenvalue weighted by Crippen LogP contribution is 2.37. The molecule has 1 aromatic carbocycles. The van der Waals surface area contributed by atoms with Gasteiger partial charge in [0, 0.05) is 18.0 Å². The van der Waals surface area contributed by atoms with Gasteiger partial charge in [-0.1, -0.05) is 0 Å². The van der Waals surface area contributed by atoms with Crippen molar-refractivity contribution in [1.82, 2.24) is 14.5 Å². The second-order valence-electron chi connectivity index (χ2n) is 9.14. The van der Waals surface area contributed by atoms with E-state index >= 15 is 0 Å². The molecule has 31 heavy (non-hydrogen) atoms. The molecule has 3 aromatic rings. The summed E-state index contributed by atoms with van der Waals surface area (Å²) in [6.07, 6.45) is 8.42. The molecule has 3 atom stereocenters. The average molecular weight is 436 g/mol. The Morgan fingerprint density at radius 1 is 1.10 bits per heavy atom. The summed E-state index contributed by atoms with van der Waals surface area (Å²) in [5, 5.41) is 0. The van der Waals surface area contributed by atoms with E-state index in [0.29, 0.717) is 27.2 Å². The maximum Gasteiger partial charge on any atom is 0.275 e. The van der Waals surface area contributed by atoms with Gasteiger partial charge in [-0.2, -0.15) is 0 Å². The van der Waals surface area contributed by atoms with Crippen molar-refractivity contribution in [3.63, 3.8) is 0 Å². The highest BCUT2D eigenvalue weighted by molar-refractivity contribution is 7.20. The van der Waals surface area contributed by atoms with Crippen LogP contribution in [0.5, 0.6) is 5.75 Å². The van der Waals surface area contributed by atoms with Crippen LogP contribution in [-0.4, -0.2) is 45.5 Å². The van der Waals surface area contributed by atoms with Crippen molar-refractivity contribution < 1.29 is 9.53 Å². The van der Waals surface area contributed by atoms with E-state index in [1.54, 1.807) is 17.0 Å². The number of benzene rings is 1. The van der Waals surface area contributed by atoms with Gasteiger partial charge in [0.1, 0.15) is 22.9 Å². The van der Waals surface area contributed by atoms with Gasteiger partial charge >= 0.3 is 0 Å². The van der Waals surface area contributed by atoms with E-state index in [-0.39, 0.29) is 23.4 Å². The largest absolute Gasteiger partial charge is 0.490 e. The fourth-order valence-corrected chi connectivity index (χ4v) is 6.16. The Balaban J connectivity index is 1.22. The highest BCUT2D eigenvalue weighted by atomic mass is 32.1. The number of piperidine rings is 1. The monoisotopic (exact) mass is 435 g/mol. The fraction of sp³-hybridized carbons (Fsp3) is 0.458. The molecule has 3 fully saturated rings. The summed E-state index contributed by atoms with van der Waals surface area (Å²) in [5.74, 6) is 1.13. The van der Waals surface area contributed by atoms with Crippen molar-refractivity contribution >= 4 is 27.3 Å². The number of rotatable bonds is 5. The number of ketones is 1. The summed E-state index contributed by atoms with van der Waals surface area (Å²) >= 11 is 1.27. The molecule has 7 heteroatoms. The number of carbonyl (C=O) groups is 1. The van der Waals surface area contributed by atoms with E-state index < -0.39 is 0 Å². The maximum absolute atomic E-state index is 13.0. The molecule has 1 unspecified atom stereocenters. The molecule has 1 aliphatic carbocycles. The van der Waals surface area contributed by atoms with Crippen LogP contribution in [0.25, 0.3) is 15.9 Å². The van der Waals surface area contributed by atoms with Crippen LogP contribution in [0.15, 0.2) is 41.5 Å². The van der Waals surface area contributed by atoms with E-state index in [2.05, 4.69) is 16.9 Å². The summed E-state index contributed by atoms with van der Waals surface area (Å²) in [6.45, 7) is 0. The lowest BCUT2D eigenvalue weighted by molar-refractivity contribution is 0.0661. The van der Waals surface area contributed by atoms with Gasteiger partial charge in [-0.3, -0.25) is 14.2 Å². The van der Waals surface area contributed by atoms with Gasteiger partial charge in [0.2, 0.25) is 0 Å². The number of thiophene rings is 1. The molecule has 6 nitrogen and oxygen atoms in total. The first-order valence-electron chi connectivity index (χ1n) is 11.1. The molecule has 2 saturated heterocycles. The van der Waals surface area contributed by atoms with Gasteiger partial charge in [-0.05, 0) is 75.9 Å². The topological polar surface area (TPSA) is 64.4 Å². The molecular formula is C24H25N3O3S. The molecule has 2 bridgehead atoms. The second-order valence-corrected chi connectivity index (χ2v) is 10.2. The summed E-state index contributed by atoms with van der Waals surface area (Å²) in [6, 6.07) is 10.7. The van der Waals surface area contributed by atoms with Gasteiger partial charge in [-0.25, -0.2) is 4.98 Å². The van der Waals surface area contributed by atoms with Crippen LogP contribution in [0.2, 0.25) is 0 Å². The minimum atomic E-state index is -0.134. The van der Waals surface area contributed by atoms with Crippen LogP contribution >= 0.6 is 11.3 Å².